The molecule has 4 rings (SSSR count). The Morgan fingerprint density at radius 2 is 1.76 bits per heavy atom. The number of nitrogens with one attached hydrogen (secondary N) is 1. The van der Waals surface area contributed by atoms with Crippen LogP contribution in [0.2, 0.25) is 5.02 Å². The summed E-state index contributed by atoms with van der Waals surface area (Å²) in [6.07, 6.45) is 1.46. The van der Waals surface area contributed by atoms with Crippen molar-refractivity contribution in [2.45, 2.75) is 6.92 Å². The summed E-state index contributed by atoms with van der Waals surface area (Å²) in [5, 5.41) is 6.40. The number of aryl methyl sites for hydroxylation is 1. The number of benzene rings is 4. The number of esters is 1. The summed E-state index contributed by atoms with van der Waals surface area (Å²) in [6, 6.07) is 25.1. The largest absolute Gasteiger partial charge is 0.484 e. The third-order valence-corrected chi connectivity index (χ3v) is 5.21. The molecule has 1 amide bonds. The number of ether oxygens (including phenoxy) is 2. The highest BCUT2D eigenvalue weighted by molar-refractivity contribution is 6.30. The molecule has 0 fully saturated rings. The van der Waals surface area contributed by atoms with E-state index >= 15 is 0 Å². The molecule has 0 unspecified atom stereocenters. The molecule has 0 aliphatic carbocycles. The molecule has 6 nitrogen and oxygen atoms in total. The van der Waals surface area contributed by atoms with E-state index in [9.17, 15) is 9.59 Å². The van der Waals surface area contributed by atoms with Crippen LogP contribution in [0.3, 0.4) is 0 Å². The fourth-order valence-electron chi connectivity index (χ4n) is 3.31. The Bertz CT molecular complexity index is 1370. The predicted molar refractivity (Wildman–Crippen MR) is 133 cm³/mol. The summed E-state index contributed by atoms with van der Waals surface area (Å²) in [4.78, 5) is 24.9. The first-order chi connectivity index (χ1) is 16.5. The van der Waals surface area contributed by atoms with Crippen LogP contribution >= 0.6 is 11.6 Å². The maximum absolute atomic E-state index is 12.7. The first-order valence-electron chi connectivity index (χ1n) is 10.5. The van der Waals surface area contributed by atoms with Crippen LogP contribution < -0.4 is 14.9 Å². The van der Waals surface area contributed by atoms with Crippen LogP contribution in [0, 0.1) is 6.92 Å². The number of halogens is 1. The second kappa shape index (κ2) is 10.6. The third-order valence-electron chi connectivity index (χ3n) is 4.95. The molecule has 0 spiro atoms. The number of carbonyl (C=O) groups is 2. The summed E-state index contributed by atoms with van der Waals surface area (Å²) >= 11 is 5.84. The molecule has 0 saturated carbocycles. The highest BCUT2D eigenvalue weighted by atomic mass is 35.5. The highest BCUT2D eigenvalue weighted by Gasteiger charge is 2.14. The second-order valence-electron chi connectivity index (χ2n) is 7.49. The number of hydrogen-bond donors (Lipinski definition) is 1. The topological polar surface area (TPSA) is 77.0 Å². The Hall–Kier alpha value is -4.16. The molecule has 0 radical (unpaired) electrons. The van der Waals surface area contributed by atoms with Crippen LogP contribution in [0.5, 0.6) is 11.5 Å². The number of carbonyl (C=O) groups excluding carboxylic acids is 2. The van der Waals surface area contributed by atoms with Gasteiger partial charge in [-0.2, -0.15) is 5.10 Å². The Morgan fingerprint density at radius 1 is 0.971 bits per heavy atom. The van der Waals surface area contributed by atoms with Crippen molar-refractivity contribution < 1.29 is 19.1 Å². The number of amides is 1. The van der Waals surface area contributed by atoms with Gasteiger partial charge in [0.1, 0.15) is 11.5 Å². The average Bonchev–Trinajstić information content (AvgIpc) is 2.84. The van der Waals surface area contributed by atoms with Crippen molar-refractivity contribution in [3.05, 3.63) is 107 Å². The van der Waals surface area contributed by atoms with Crippen LogP contribution in [-0.2, 0) is 4.79 Å². The van der Waals surface area contributed by atoms with Crippen LogP contribution in [-0.4, -0.2) is 24.7 Å². The molecule has 34 heavy (non-hydrogen) atoms. The standard InChI is InChI=1S/C27H21ClN2O4/c1-18-5-4-7-20(15-18)27(32)34-25-14-9-19-6-2-3-8-23(19)24(25)16-29-30-26(31)17-33-22-12-10-21(28)11-13-22/h2-16H,17H2,1H3,(H,30,31). The number of fused-ring (bicyclic) bond motifs is 1. The zero-order chi connectivity index (χ0) is 23.9. The lowest BCUT2D eigenvalue weighted by molar-refractivity contribution is -0.123. The number of rotatable bonds is 7. The van der Waals surface area contributed by atoms with Crippen LogP contribution in [0.15, 0.2) is 90.0 Å². The smallest absolute Gasteiger partial charge is 0.343 e. The van der Waals surface area contributed by atoms with Gasteiger partial charge < -0.3 is 9.47 Å². The van der Waals surface area contributed by atoms with E-state index in [0.29, 0.717) is 27.6 Å². The van der Waals surface area contributed by atoms with E-state index in [4.69, 9.17) is 21.1 Å². The van der Waals surface area contributed by atoms with Gasteiger partial charge in [0.2, 0.25) is 0 Å². The quantitative estimate of drug-likeness (QED) is 0.165. The van der Waals surface area contributed by atoms with Gasteiger partial charge in [-0.1, -0.05) is 59.6 Å². The van der Waals surface area contributed by atoms with Crippen molar-refractivity contribution in [3.63, 3.8) is 0 Å². The number of nitrogens with zero attached hydrogens (tertiary/aromatic N) is 1. The van der Waals surface area contributed by atoms with Gasteiger partial charge in [-0.3, -0.25) is 4.79 Å². The fourth-order valence-corrected chi connectivity index (χ4v) is 3.44. The van der Waals surface area contributed by atoms with Crippen LogP contribution in [0.1, 0.15) is 21.5 Å². The van der Waals surface area contributed by atoms with Gasteiger partial charge in [0.15, 0.2) is 6.61 Å². The van der Waals surface area contributed by atoms with Crippen molar-refractivity contribution in [2.24, 2.45) is 5.10 Å². The minimum atomic E-state index is -0.478. The van der Waals surface area contributed by atoms with Gasteiger partial charge in [-0.25, -0.2) is 10.2 Å². The molecule has 0 aliphatic rings. The van der Waals surface area contributed by atoms with Crippen molar-refractivity contribution in [1.29, 1.82) is 0 Å². The van der Waals surface area contributed by atoms with Gasteiger partial charge in [0.25, 0.3) is 5.91 Å². The molecule has 1 N–H and O–H groups in total. The highest BCUT2D eigenvalue weighted by Crippen LogP contribution is 2.27. The van der Waals surface area contributed by atoms with E-state index in [1.165, 1.54) is 6.21 Å². The van der Waals surface area contributed by atoms with E-state index in [-0.39, 0.29) is 6.61 Å². The SMILES string of the molecule is Cc1cccc(C(=O)Oc2ccc3ccccc3c2C=NNC(=O)COc2ccc(Cl)cc2)c1. The maximum atomic E-state index is 12.7. The molecule has 4 aromatic carbocycles. The zero-order valence-corrected chi connectivity index (χ0v) is 19.1. The van der Waals surface area contributed by atoms with E-state index in [2.05, 4.69) is 10.5 Å². The molecule has 0 atom stereocenters. The van der Waals surface area contributed by atoms with Gasteiger partial charge >= 0.3 is 5.97 Å². The van der Waals surface area contributed by atoms with Crippen molar-refractivity contribution in [1.82, 2.24) is 5.43 Å². The second-order valence-corrected chi connectivity index (χ2v) is 7.93. The van der Waals surface area contributed by atoms with Crippen LogP contribution in [0.25, 0.3) is 10.8 Å². The average molecular weight is 473 g/mol. The van der Waals surface area contributed by atoms with Crippen LogP contribution in [0.4, 0.5) is 0 Å². The maximum Gasteiger partial charge on any atom is 0.343 e. The molecule has 0 bridgehead atoms. The van der Waals surface area contributed by atoms with Gasteiger partial charge in [-0.05, 0) is 60.2 Å². The fraction of sp³-hybridized carbons (Fsp3) is 0.0741. The lowest BCUT2D eigenvalue weighted by Gasteiger charge is -2.11. The van der Waals surface area contributed by atoms with E-state index < -0.39 is 11.9 Å². The van der Waals surface area contributed by atoms with E-state index in [0.717, 1.165) is 16.3 Å². The van der Waals surface area contributed by atoms with E-state index in [1.54, 1.807) is 48.5 Å². The minimum absolute atomic E-state index is 0.219. The first kappa shape index (κ1) is 23.0. The Morgan fingerprint density at radius 3 is 2.56 bits per heavy atom. The molecule has 170 valence electrons. The summed E-state index contributed by atoms with van der Waals surface area (Å²) in [6.45, 7) is 1.69. The number of hydrazone groups is 1. The Labute approximate surface area is 201 Å². The molecule has 0 heterocycles. The normalized spacial score (nSPS) is 10.9. The molecule has 0 aromatic heterocycles. The van der Waals surface area contributed by atoms with Gasteiger partial charge in [-0.15, -0.1) is 0 Å². The number of hydrogen-bond acceptors (Lipinski definition) is 5. The minimum Gasteiger partial charge on any atom is -0.484 e. The molecule has 4 aromatic rings. The molecular formula is C27H21ClN2O4. The first-order valence-corrected chi connectivity index (χ1v) is 10.9. The molecule has 0 saturated heterocycles. The predicted octanol–water partition coefficient (Wildman–Crippen LogP) is 5.55. The molecule has 7 heteroatoms. The molecular weight excluding hydrogens is 452 g/mol. The summed E-state index contributed by atoms with van der Waals surface area (Å²) in [7, 11) is 0. The summed E-state index contributed by atoms with van der Waals surface area (Å²) < 4.78 is 11.1. The lowest BCUT2D eigenvalue weighted by atomic mass is 10.0. The monoisotopic (exact) mass is 472 g/mol. The van der Waals surface area contributed by atoms with E-state index in [1.807, 2.05) is 43.3 Å². The van der Waals surface area contributed by atoms with Gasteiger partial charge in [0.05, 0.1) is 11.8 Å². The van der Waals surface area contributed by atoms with Crippen molar-refractivity contribution >= 4 is 40.5 Å². The Kier molecular flexibility index (Phi) is 7.20. The van der Waals surface area contributed by atoms with Crippen molar-refractivity contribution in [2.75, 3.05) is 6.61 Å². The lowest BCUT2D eigenvalue weighted by Crippen LogP contribution is -2.24. The zero-order valence-electron chi connectivity index (χ0n) is 18.3. The Balaban J connectivity index is 1.50. The van der Waals surface area contributed by atoms with Crippen molar-refractivity contribution in [3.8, 4) is 11.5 Å². The third kappa shape index (κ3) is 5.79. The van der Waals surface area contributed by atoms with Gasteiger partial charge in [0, 0.05) is 10.6 Å². The summed E-state index contributed by atoms with van der Waals surface area (Å²) in [5.41, 5.74) is 4.41. The summed E-state index contributed by atoms with van der Waals surface area (Å²) in [5.74, 6) is -0.0673. The molecule has 0 aliphatic heterocycles.